The molecule has 4 rings (SSSR count). The van der Waals surface area contributed by atoms with Crippen molar-refractivity contribution in [2.75, 3.05) is 38.1 Å². The number of aryl methyl sites for hydroxylation is 1. The van der Waals surface area contributed by atoms with Crippen molar-refractivity contribution in [3.63, 3.8) is 0 Å². The summed E-state index contributed by atoms with van der Waals surface area (Å²) < 4.78 is 0. The molecule has 1 amide bonds. The van der Waals surface area contributed by atoms with Gasteiger partial charge < -0.3 is 15.1 Å². The highest BCUT2D eigenvalue weighted by molar-refractivity contribution is 14.0. The Labute approximate surface area is 179 Å². The highest BCUT2D eigenvalue weighted by Crippen LogP contribution is 2.36. The minimum absolute atomic E-state index is 0. The second-order valence-corrected chi connectivity index (χ2v) is 7.89. The van der Waals surface area contributed by atoms with E-state index in [-0.39, 0.29) is 29.9 Å². The summed E-state index contributed by atoms with van der Waals surface area (Å²) >= 11 is 0. The Balaban J connectivity index is 0.00000210. The summed E-state index contributed by atoms with van der Waals surface area (Å²) in [6.45, 7) is 3.30. The molecule has 6 heteroatoms. The Bertz CT molecular complexity index is 679. The van der Waals surface area contributed by atoms with Crippen LogP contribution in [-0.4, -0.2) is 50.0 Å². The zero-order valence-electron chi connectivity index (χ0n) is 16.2. The van der Waals surface area contributed by atoms with Crippen LogP contribution in [0.1, 0.15) is 37.7 Å². The van der Waals surface area contributed by atoms with Gasteiger partial charge in [-0.2, -0.15) is 0 Å². The molecule has 2 heterocycles. The summed E-state index contributed by atoms with van der Waals surface area (Å²) in [7, 11) is 1.82. The maximum Gasteiger partial charge on any atom is 0.246 e. The van der Waals surface area contributed by atoms with Crippen molar-refractivity contribution in [2.45, 2.75) is 38.5 Å². The first-order valence-electron chi connectivity index (χ1n) is 10.1. The second kappa shape index (κ2) is 9.26. The van der Waals surface area contributed by atoms with Crippen LogP contribution in [0.25, 0.3) is 0 Å². The van der Waals surface area contributed by atoms with Crippen LogP contribution in [0, 0.1) is 11.8 Å². The normalized spacial score (nSPS) is 24.7. The van der Waals surface area contributed by atoms with Crippen molar-refractivity contribution in [1.82, 2.24) is 10.2 Å². The molecule has 0 spiro atoms. The second-order valence-electron chi connectivity index (χ2n) is 7.89. The summed E-state index contributed by atoms with van der Waals surface area (Å²) in [6.07, 6.45) is 7.53. The van der Waals surface area contributed by atoms with Crippen molar-refractivity contribution < 1.29 is 4.79 Å². The van der Waals surface area contributed by atoms with Crippen LogP contribution >= 0.6 is 24.0 Å². The molecule has 2 atom stereocenters. The number of para-hydroxylation sites is 1. The van der Waals surface area contributed by atoms with Gasteiger partial charge in [-0.15, -0.1) is 24.0 Å². The van der Waals surface area contributed by atoms with Crippen LogP contribution in [0.2, 0.25) is 0 Å². The molecule has 0 aromatic heterocycles. The molecular weight excluding hydrogens is 451 g/mol. The van der Waals surface area contributed by atoms with E-state index in [0.717, 1.165) is 56.0 Å². The van der Waals surface area contributed by atoms with Crippen LogP contribution in [0.4, 0.5) is 5.69 Å². The molecule has 27 heavy (non-hydrogen) atoms. The SMILES string of the molecule is CN=C(NCC(=O)N1CCCc2ccccc21)N1CC2CCCCC2C1.I. The minimum atomic E-state index is 0. The minimum Gasteiger partial charge on any atom is -0.347 e. The Morgan fingerprint density at radius 1 is 1.15 bits per heavy atom. The fraction of sp³-hybridized carbons (Fsp3) is 0.619. The van der Waals surface area contributed by atoms with Gasteiger partial charge in [0.05, 0.1) is 6.54 Å². The fourth-order valence-corrected chi connectivity index (χ4v) is 4.95. The first-order valence-corrected chi connectivity index (χ1v) is 10.1. The molecule has 0 radical (unpaired) electrons. The van der Waals surface area contributed by atoms with Crippen LogP contribution in [0.5, 0.6) is 0 Å². The average molecular weight is 482 g/mol. The van der Waals surface area contributed by atoms with Gasteiger partial charge in [0, 0.05) is 32.4 Å². The summed E-state index contributed by atoms with van der Waals surface area (Å²) in [5, 5.41) is 3.33. The maximum absolute atomic E-state index is 12.8. The number of carbonyl (C=O) groups is 1. The van der Waals surface area contributed by atoms with E-state index in [1.807, 2.05) is 18.0 Å². The molecule has 1 aromatic rings. The molecule has 1 aliphatic carbocycles. The summed E-state index contributed by atoms with van der Waals surface area (Å²) in [4.78, 5) is 21.6. The van der Waals surface area contributed by atoms with E-state index in [0.29, 0.717) is 6.54 Å². The number of anilines is 1. The van der Waals surface area contributed by atoms with Crippen molar-refractivity contribution in [3.05, 3.63) is 29.8 Å². The number of nitrogens with zero attached hydrogens (tertiary/aromatic N) is 3. The van der Waals surface area contributed by atoms with Crippen LogP contribution in [0.15, 0.2) is 29.3 Å². The highest BCUT2D eigenvalue weighted by Gasteiger charge is 2.35. The van der Waals surface area contributed by atoms with E-state index in [1.54, 1.807) is 0 Å². The number of aliphatic imine (C=N–C) groups is 1. The number of likely N-dealkylation sites (tertiary alicyclic amines) is 1. The summed E-state index contributed by atoms with van der Waals surface area (Å²) in [5.41, 5.74) is 2.35. The lowest BCUT2D eigenvalue weighted by molar-refractivity contribution is -0.117. The smallest absolute Gasteiger partial charge is 0.246 e. The van der Waals surface area contributed by atoms with Crippen LogP contribution in [0.3, 0.4) is 0 Å². The molecular formula is C21H31IN4O. The molecule has 2 unspecified atom stereocenters. The van der Waals surface area contributed by atoms with Gasteiger partial charge in [-0.1, -0.05) is 31.0 Å². The molecule has 3 aliphatic rings. The molecule has 148 valence electrons. The molecule has 5 nitrogen and oxygen atoms in total. The summed E-state index contributed by atoms with van der Waals surface area (Å²) in [6, 6.07) is 8.27. The zero-order valence-corrected chi connectivity index (χ0v) is 18.5. The number of hydrogen-bond donors (Lipinski definition) is 1. The number of benzene rings is 1. The van der Waals surface area contributed by atoms with Gasteiger partial charge in [0.1, 0.15) is 0 Å². The molecule has 1 saturated carbocycles. The van der Waals surface area contributed by atoms with Crippen molar-refractivity contribution in [3.8, 4) is 0 Å². The number of carbonyl (C=O) groups excluding carboxylic acids is 1. The Hall–Kier alpha value is -1.31. The number of fused-ring (bicyclic) bond motifs is 2. The van der Waals surface area contributed by atoms with Gasteiger partial charge in [0.2, 0.25) is 5.91 Å². The number of halogens is 1. The predicted molar refractivity (Wildman–Crippen MR) is 121 cm³/mol. The average Bonchev–Trinajstić information content (AvgIpc) is 3.11. The van der Waals surface area contributed by atoms with Gasteiger partial charge >= 0.3 is 0 Å². The van der Waals surface area contributed by atoms with E-state index < -0.39 is 0 Å². The zero-order chi connectivity index (χ0) is 17.9. The molecule has 2 aliphatic heterocycles. The number of amides is 1. The summed E-state index contributed by atoms with van der Waals surface area (Å²) in [5.74, 6) is 2.65. The lowest BCUT2D eigenvalue weighted by atomic mass is 9.82. The Kier molecular flexibility index (Phi) is 7.00. The molecule has 1 aromatic carbocycles. The molecule has 0 bridgehead atoms. The van der Waals surface area contributed by atoms with Crippen molar-refractivity contribution in [2.24, 2.45) is 16.8 Å². The third-order valence-corrected chi connectivity index (χ3v) is 6.30. The molecule has 1 N–H and O–H groups in total. The van der Waals surface area contributed by atoms with Crippen molar-refractivity contribution >= 4 is 41.5 Å². The Morgan fingerprint density at radius 3 is 2.56 bits per heavy atom. The van der Waals surface area contributed by atoms with Gasteiger partial charge in [-0.25, -0.2) is 0 Å². The lowest BCUT2D eigenvalue weighted by Gasteiger charge is -2.30. The lowest BCUT2D eigenvalue weighted by Crippen LogP contribution is -2.47. The Morgan fingerprint density at radius 2 is 1.85 bits per heavy atom. The third kappa shape index (κ3) is 4.41. The van der Waals surface area contributed by atoms with Crippen LogP contribution < -0.4 is 10.2 Å². The topological polar surface area (TPSA) is 47.9 Å². The predicted octanol–water partition coefficient (Wildman–Crippen LogP) is 3.28. The van der Waals surface area contributed by atoms with E-state index >= 15 is 0 Å². The van der Waals surface area contributed by atoms with Crippen LogP contribution in [-0.2, 0) is 11.2 Å². The first-order chi connectivity index (χ1) is 12.8. The third-order valence-electron chi connectivity index (χ3n) is 6.30. The van der Waals surface area contributed by atoms with E-state index in [2.05, 4.69) is 33.4 Å². The van der Waals surface area contributed by atoms with Crippen molar-refractivity contribution in [1.29, 1.82) is 0 Å². The fourth-order valence-electron chi connectivity index (χ4n) is 4.95. The maximum atomic E-state index is 12.8. The monoisotopic (exact) mass is 482 g/mol. The largest absolute Gasteiger partial charge is 0.347 e. The first kappa shape index (κ1) is 20.4. The van der Waals surface area contributed by atoms with Gasteiger partial charge in [-0.3, -0.25) is 9.79 Å². The standard InChI is InChI=1S/C21H30N4O.HI/c1-22-21(24-14-17-8-2-3-9-18(17)15-24)23-13-20(26)25-12-6-10-16-7-4-5-11-19(16)25;/h4-5,7,11,17-18H,2-3,6,8-10,12-15H2,1H3,(H,22,23);1H. The number of nitrogens with one attached hydrogen (secondary N) is 1. The number of rotatable bonds is 2. The number of guanidine groups is 1. The molecule has 1 saturated heterocycles. The molecule has 2 fully saturated rings. The number of hydrogen-bond acceptors (Lipinski definition) is 2. The van der Waals surface area contributed by atoms with Gasteiger partial charge in [0.25, 0.3) is 0 Å². The quantitative estimate of drug-likeness (QED) is 0.400. The van der Waals surface area contributed by atoms with E-state index in [1.165, 1.54) is 31.2 Å². The van der Waals surface area contributed by atoms with E-state index in [9.17, 15) is 4.79 Å². The van der Waals surface area contributed by atoms with E-state index in [4.69, 9.17) is 0 Å². The van der Waals surface area contributed by atoms with Gasteiger partial charge in [-0.05, 0) is 49.1 Å². The van der Waals surface area contributed by atoms with Gasteiger partial charge in [0.15, 0.2) is 5.96 Å². The highest BCUT2D eigenvalue weighted by atomic mass is 127.